The van der Waals surface area contributed by atoms with Crippen molar-refractivity contribution in [1.29, 1.82) is 0 Å². The van der Waals surface area contributed by atoms with E-state index >= 15 is 0 Å². The highest BCUT2D eigenvalue weighted by molar-refractivity contribution is 6.30. The molecule has 2 aromatic carbocycles. The van der Waals surface area contributed by atoms with E-state index in [9.17, 15) is 14.3 Å². The third kappa shape index (κ3) is 3.48. The van der Waals surface area contributed by atoms with Crippen LogP contribution in [0.1, 0.15) is 52.2 Å². The first-order valence-electron chi connectivity index (χ1n) is 9.55. The van der Waals surface area contributed by atoms with Crippen LogP contribution in [-0.2, 0) is 11.2 Å². The summed E-state index contributed by atoms with van der Waals surface area (Å²) in [4.78, 5) is 13.3. The summed E-state index contributed by atoms with van der Waals surface area (Å²) in [5, 5.41) is 11.1. The van der Waals surface area contributed by atoms with Crippen molar-refractivity contribution in [2.24, 2.45) is 10.8 Å². The van der Waals surface area contributed by atoms with Crippen LogP contribution < -0.4 is 0 Å². The molecule has 0 atom stereocenters. The maximum absolute atomic E-state index is 14.0. The van der Waals surface area contributed by atoms with Crippen LogP contribution in [0.25, 0.3) is 16.7 Å². The van der Waals surface area contributed by atoms with Crippen molar-refractivity contribution in [1.82, 2.24) is 0 Å². The van der Waals surface area contributed by atoms with Gasteiger partial charge >= 0.3 is 0 Å². The van der Waals surface area contributed by atoms with Gasteiger partial charge in [0, 0.05) is 10.8 Å². The highest BCUT2D eigenvalue weighted by Gasteiger charge is 2.46. The Morgan fingerprint density at radius 3 is 2.25 bits per heavy atom. The first kappa shape index (κ1) is 20.6. The number of aryl methyl sites for hydroxylation is 1. The number of Topliss-reactive ketones (excluding diaryl/α,β-unsaturated/α-hetero) is 1. The number of allylic oxidation sites excluding steroid dienone is 2. The van der Waals surface area contributed by atoms with Gasteiger partial charge in [0.15, 0.2) is 5.78 Å². The molecule has 1 aliphatic rings. The Balaban J connectivity index is 2.25. The van der Waals surface area contributed by atoms with Gasteiger partial charge < -0.3 is 5.11 Å². The summed E-state index contributed by atoms with van der Waals surface area (Å²) >= 11 is 5.81. The molecule has 4 heteroatoms. The lowest BCUT2D eigenvalue weighted by Crippen LogP contribution is -2.38. The Bertz CT molecular complexity index is 986. The smallest absolute Gasteiger partial charge is 0.172 e. The van der Waals surface area contributed by atoms with Gasteiger partial charge in [-0.05, 0) is 53.3 Å². The number of benzene rings is 2. The topological polar surface area (TPSA) is 37.3 Å². The minimum Gasteiger partial charge on any atom is -0.511 e. The van der Waals surface area contributed by atoms with Gasteiger partial charge in [0.25, 0.3) is 0 Å². The van der Waals surface area contributed by atoms with Crippen LogP contribution in [0, 0.1) is 16.6 Å². The van der Waals surface area contributed by atoms with E-state index in [1.165, 1.54) is 12.1 Å². The van der Waals surface area contributed by atoms with Crippen LogP contribution in [0.4, 0.5) is 4.39 Å². The van der Waals surface area contributed by atoms with E-state index < -0.39 is 16.6 Å². The molecule has 1 aliphatic carbocycles. The Labute approximate surface area is 171 Å². The number of rotatable bonds is 3. The average molecular weight is 401 g/mol. The fraction of sp³-hybridized carbons (Fsp3) is 0.375. The first-order valence-corrected chi connectivity index (χ1v) is 9.93. The van der Waals surface area contributed by atoms with Crippen molar-refractivity contribution in [2.75, 3.05) is 0 Å². The van der Waals surface area contributed by atoms with E-state index in [-0.39, 0.29) is 16.6 Å². The molecule has 2 nitrogen and oxygen atoms in total. The maximum Gasteiger partial charge on any atom is 0.172 e. The van der Waals surface area contributed by atoms with Gasteiger partial charge in [-0.25, -0.2) is 4.39 Å². The molecule has 0 radical (unpaired) electrons. The molecule has 0 spiro atoms. The monoisotopic (exact) mass is 400 g/mol. The molecule has 0 unspecified atom stereocenters. The normalized spacial score (nSPS) is 18.5. The number of carbonyl (C=O) groups is 1. The number of halogens is 2. The molecule has 0 amide bonds. The van der Waals surface area contributed by atoms with Crippen LogP contribution in [0.2, 0.25) is 5.02 Å². The second kappa shape index (κ2) is 7.04. The second-order valence-electron chi connectivity index (χ2n) is 8.85. The number of hydrogen-bond acceptors (Lipinski definition) is 2. The molecule has 0 fully saturated rings. The second-order valence-corrected chi connectivity index (χ2v) is 9.26. The lowest BCUT2D eigenvalue weighted by atomic mass is 9.63. The van der Waals surface area contributed by atoms with E-state index in [0.29, 0.717) is 17.6 Å². The molecule has 28 heavy (non-hydrogen) atoms. The number of aliphatic hydroxyl groups excluding tert-OH is 1. The molecular formula is C24H26ClFO2. The maximum atomic E-state index is 14.0. The molecule has 0 saturated heterocycles. The van der Waals surface area contributed by atoms with Gasteiger partial charge in [-0.3, -0.25) is 4.79 Å². The van der Waals surface area contributed by atoms with Gasteiger partial charge in [0.2, 0.25) is 0 Å². The molecule has 0 aliphatic heterocycles. The third-order valence-electron chi connectivity index (χ3n) is 5.62. The zero-order chi connectivity index (χ0) is 20.9. The zero-order valence-electron chi connectivity index (χ0n) is 17.0. The van der Waals surface area contributed by atoms with Gasteiger partial charge in [0.05, 0.1) is 10.6 Å². The number of carbonyl (C=O) groups excluding carboxylic acids is 1. The summed E-state index contributed by atoms with van der Waals surface area (Å²) in [7, 11) is 0. The van der Waals surface area contributed by atoms with Crippen molar-refractivity contribution in [3.8, 4) is 11.1 Å². The van der Waals surface area contributed by atoms with Crippen molar-refractivity contribution in [3.63, 3.8) is 0 Å². The van der Waals surface area contributed by atoms with Crippen LogP contribution in [0.5, 0.6) is 0 Å². The molecule has 0 heterocycles. The van der Waals surface area contributed by atoms with Crippen LogP contribution >= 0.6 is 11.6 Å². The predicted molar refractivity (Wildman–Crippen MR) is 113 cm³/mol. The summed E-state index contributed by atoms with van der Waals surface area (Å²) in [6, 6.07) is 10.4. The zero-order valence-corrected chi connectivity index (χ0v) is 17.7. The van der Waals surface area contributed by atoms with E-state index in [0.717, 1.165) is 23.1 Å². The lowest BCUT2D eigenvalue weighted by Gasteiger charge is -2.40. The Hall–Kier alpha value is -2.13. The standard InChI is InChI=1S/C24H26ClFO2/c1-6-14-7-8-15(16-9-10-18(25)19(26)12-16)11-17(14)20-21(27)23(2,3)13-24(4,5)22(20)28/h7-12,27H,6,13H2,1-5H3. The Kier molecular flexibility index (Phi) is 5.18. The molecule has 1 N–H and O–H groups in total. The van der Waals surface area contributed by atoms with Crippen molar-refractivity contribution < 1.29 is 14.3 Å². The number of ketones is 1. The average Bonchev–Trinajstić information content (AvgIpc) is 2.62. The van der Waals surface area contributed by atoms with Crippen LogP contribution in [-0.4, -0.2) is 10.9 Å². The Morgan fingerprint density at radius 1 is 1.04 bits per heavy atom. The largest absolute Gasteiger partial charge is 0.511 e. The van der Waals surface area contributed by atoms with Gasteiger partial charge in [-0.2, -0.15) is 0 Å². The summed E-state index contributed by atoms with van der Waals surface area (Å²) in [5.74, 6) is -0.414. The van der Waals surface area contributed by atoms with Crippen LogP contribution in [0.3, 0.4) is 0 Å². The molecule has 0 saturated carbocycles. The molecule has 0 aromatic heterocycles. The SMILES string of the molecule is CCc1ccc(-c2ccc(Cl)c(F)c2)cc1C1=C(O)C(C)(C)CC(C)(C)C1=O. The van der Waals surface area contributed by atoms with Gasteiger partial charge in [0.1, 0.15) is 11.6 Å². The van der Waals surface area contributed by atoms with Crippen molar-refractivity contribution in [2.45, 2.75) is 47.5 Å². The van der Waals surface area contributed by atoms with Gasteiger partial charge in [-0.15, -0.1) is 0 Å². The summed E-state index contributed by atoms with van der Waals surface area (Å²) in [6.45, 7) is 9.78. The summed E-state index contributed by atoms with van der Waals surface area (Å²) in [6.07, 6.45) is 1.30. The van der Waals surface area contributed by atoms with E-state index in [4.69, 9.17) is 11.6 Å². The Morgan fingerprint density at radius 2 is 1.64 bits per heavy atom. The molecule has 2 aromatic rings. The van der Waals surface area contributed by atoms with E-state index in [1.807, 2.05) is 52.8 Å². The minimum absolute atomic E-state index is 0.0570. The summed E-state index contributed by atoms with van der Waals surface area (Å²) in [5.41, 5.74) is 2.46. The van der Waals surface area contributed by atoms with Gasteiger partial charge in [-0.1, -0.05) is 64.4 Å². The minimum atomic E-state index is -0.571. The molecule has 0 bridgehead atoms. The molecular weight excluding hydrogens is 375 g/mol. The molecule has 3 rings (SSSR count). The molecule has 148 valence electrons. The van der Waals surface area contributed by atoms with Crippen LogP contribution in [0.15, 0.2) is 42.2 Å². The summed E-state index contributed by atoms with van der Waals surface area (Å²) < 4.78 is 14.0. The number of hydrogen-bond donors (Lipinski definition) is 1. The quantitative estimate of drug-likeness (QED) is 0.602. The number of aliphatic hydroxyl groups is 1. The van der Waals surface area contributed by atoms with E-state index in [2.05, 4.69) is 0 Å². The first-order chi connectivity index (χ1) is 13.0. The fourth-order valence-corrected chi connectivity index (χ4v) is 4.39. The fourth-order valence-electron chi connectivity index (χ4n) is 4.28. The highest BCUT2D eigenvalue weighted by atomic mass is 35.5. The lowest BCUT2D eigenvalue weighted by molar-refractivity contribution is -0.124. The van der Waals surface area contributed by atoms with E-state index in [1.54, 1.807) is 6.07 Å². The highest BCUT2D eigenvalue weighted by Crippen LogP contribution is 2.49. The van der Waals surface area contributed by atoms with Crippen molar-refractivity contribution in [3.05, 3.63) is 64.1 Å². The van der Waals surface area contributed by atoms with Crippen molar-refractivity contribution >= 4 is 23.0 Å². The third-order valence-corrected chi connectivity index (χ3v) is 5.92. The predicted octanol–water partition coefficient (Wildman–Crippen LogP) is 7.00.